The summed E-state index contributed by atoms with van der Waals surface area (Å²) in [6.45, 7) is 2.04. The van der Waals surface area contributed by atoms with Gasteiger partial charge in [-0.15, -0.1) is 23.7 Å². The molecule has 0 fully saturated rings. The first kappa shape index (κ1) is 17.7. The largest absolute Gasteiger partial charge is 0.338 e. The number of hydrogen-bond donors (Lipinski definition) is 1. The van der Waals surface area contributed by atoms with Crippen molar-refractivity contribution < 1.29 is 4.79 Å². The number of nitrogens with two attached hydrogens (primary N) is 1. The molecule has 2 aromatic rings. The number of hydrogen-bond acceptors (Lipinski definition) is 3. The molecule has 21 heavy (non-hydrogen) atoms. The zero-order chi connectivity index (χ0) is 14.5. The molecule has 2 N–H and O–H groups in total. The van der Waals surface area contributed by atoms with Gasteiger partial charge in [0.15, 0.2) is 0 Å². The minimum absolute atomic E-state index is 0. The summed E-state index contributed by atoms with van der Waals surface area (Å²) in [4.78, 5) is 15.3. The third-order valence-corrected chi connectivity index (χ3v) is 4.59. The van der Waals surface area contributed by atoms with Gasteiger partial charge < -0.3 is 10.6 Å². The fraction of sp³-hybridized carbons (Fsp3) is 0.312. The molecule has 3 nitrogen and oxygen atoms in total. The van der Waals surface area contributed by atoms with Crippen LogP contribution in [-0.4, -0.2) is 17.9 Å². The maximum Gasteiger partial charge on any atom is 0.224 e. The average Bonchev–Trinajstić information content (AvgIpc) is 3.00. The first-order valence-electron chi connectivity index (χ1n) is 6.69. The molecule has 114 valence electrons. The van der Waals surface area contributed by atoms with Gasteiger partial charge in [0.2, 0.25) is 5.91 Å². The number of rotatable bonds is 5. The maximum atomic E-state index is 12.3. The Morgan fingerprint density at radius 2 is 1.90 bits per heavy atom. The second-order valence-electron chi connectivity index (χ2n) is 4.92. The van der Waals surface area contributed by atoms with Gasteiger partial charge in [-0.05, 0) is 23.9 Å². The molecule has 2 unspecified atom stereocenters. The number of halogens is 1. The molecular formula is C16H21ClN2OS. The summed E-state index contributed by atoms with van der Waals surface area (Å²) < 4.78 is 0. The van der Waals surface area contributed by atoms with Crippen molar-refractivity contribution in [3.05, 3.63) is 58.3 Å². The van der Waals surface area contributed by atoms with Crippen LogP contribution in [0.2, 0.25) is 0 Å². The Labute approximate surface area is 136 Å². The molecule has 2 atom stereocenters. The molecule has 0 bridgehead atoms. The number of thiophene rings is 1. The smallest absolute Gasteiger partial charge is 0.224 e. The van der Waals surface area contributed by atoms with Crippen LogP contribution in [0.4, 0.5) is 0 Å². The first-order chi connectivity index (χ1) is 9.59. The van der Waals surface area contributed by atoms with Crippen molar-refractivity contribution >= 4 is 29.7 Å². The Bertz CT molecular complexity index is 545. The Kier molecular flexibility index (Phi) is 6.89. The van der Waals surface area contributed by atoms with Gasteiger partial charge >= 0.3 is 0 Å². The van der Waals surface area contributed by atoms with E-state index >= 15 is 0 Å². The van der Waals surface area contributed by atoms with E-state index in [1.54, 1.807) is 16.2 Å². The van der Waals surface area contributed by atoms with Crippen LogP contribution in [0.25, 0.3) is 0 Å². The van der Waals surface area contributed by atoms with Crippen LogP contribution < -0.4 is 5.73 Å². The fourth-order valence-electron chi connectivity index (χ4n) is 2.09. The number of benzene rings is 1. The molecule has 1 aromatic heterocycles. The maximum absolute atomic E-state index is 12.3. The lowest BCUT2D eigenvalue weighted by Gasteiger charge is -2.25. The van der Waals surface area contributed by atoms with Crippen molar-refractivity contribution in [1.29, 1.82) is 0 Å². The van der Waals surface area contributed by atoms with Gasteiger partial charge in [-0.25, -0.2) is 0 Å². The van der Waals surface area contributed by atoms with Crippen LogP contribution in [-0.2, 0) is 4.79 Å². The molecule has 0 aliphatic carbocycles. The van der Waals surface area contributed by atoms with E-state index in [0.29, 0.717) is 6.42 Å². The van der Waals surface area contributed by atoms with Crippen molar-refractivity contribution in [3.63, 3.8) is 0 Å². The van der Waals surface area contributed by atoms with Crippen LogP contribution in [0.3, 0.4) is 0 Å². The highest BCUT2D eigenvalue weighted by Gasteiger charge is 2.20. The van der Waals surface area contributed by atoms with Crippen molar-refractivity contribution in [3.8, 4) is 0 Å². The third kappa shape index (κ3) is 4.56. The molecule has 2 rings (SSSR count). The molecule has 1 heterocycles. The van der Waals surface area contributed by atoms with Crippen LogP contribution in [0, 0.1) is 0 Å². The number of amides is 1. The lowest BCUT2D eigenvalue weighted by molar-refractivity contribution is -0.132. The van der Waals surface area contributed by atoms with E-state index in [0.717, 1.165) is 5.56 Å². The highest BCUT2D eigenvalue weighted by molar-refractivity contribution is 7.10. The predicted octanol–water partition coefficient (Wildman–Crippen LogP) is 3.78. The average molecular weight is 325 g/mol. The van der Waals surface area contributed by atoms with Crippen molar-refractivity contribution in [2.24, 2.45) is 5.73 Å². The van der Waals surface area contributed by atoms with Gasteiger partial charge in [-0.3, -0.25) is 4.79 Å². The predicted molar refractivity (Wildman–Crippen MR) is 90.7 cm³/mol. The summed E-state index contributed by atoms with van der Waals surface area (Å²) in [5.41, 5.74) is 7.11. The quantitative estimate of drug-likeness (QED) is 0.909. The molecule has 5 heteroatoms. The second kappa shape index (κ2) is 8.17. The zero-order valence-corrected chi connectivity index (χ0v) is 13.9. The van der Waals surface area contributed by atoms with Crippen molar-refractivity contribution in [2.45, 2.75) is 25.4 Å². The zero-order valence-electron chi connectivity index (χ0n) is 12.2. The number of nitrogens with zero attached hydrogens (tertiary/aromatic N) is 1. The van der Waals surface area contributed by atoms with E-state index in [9.17, 15) is 4.79 Å². The van der Waals surface area contributed by atoms with Gasteiger partial charge in [-0.2, -0.15) is 0 Å². The van der Waals surface area contributed by atoms with E-state index < -0.39 is 0 Å². The van der Waals surface area contributed by atoms with E-state index in [1.165, 1.54) is 4.88 Å². The molecule has 1 aromatic carbocycles. The number of carbonyl (C=O) groups is 1. The van der Waals surface area contributed by atoms with Gasteiger partial charge in [0, 0.05) is 24.4 Å². The highest BCUT2D eigenvalue weighted by Crippen LogP contribution is 2.25. The second-order valence-corrected chi connectivity index (χ2v) is 5.90. The lowest BCUT2D eigenvalue weighted by atomic mass is 10.0. The monoisotopic (exact) mass is 324 g/mol. The standard InChI is InChI=1S/C16H20N2OS.ClH/c1-12(15-9-6-10-20-15)18(2)16(19)11-14(17)13-7-4-3-5-8-13;/h3-10,12,14H,11,17H2,1-2H3;1H. The topological polar surface area (TPSA) is 46.3 Å². The van der Waals surface area contributed by atoms with Crippen LogP contribution >= 0.6 is 23.7 Å². The Hall–Kier alpha value is -1.36. The van der Waals surface area contributed by atoms with Gasteiger partial charge in [0.05, 0.1) is 6.04 Å². The summed E-state index contributed by atoms with van der Waals surface area (Å²) in [7, 11) is 1.84. The Balaban J connectivity index is 0.00000220. The highest BCUT2D eigenvalue weighted by atomic mass is 35.5. The fourth-order valence-corrected chi connectivity index (χ4v) is 2.91. The van der Waals surface area contributed by atoms with E-state index in [2.05, 4.69) is 6.07 Å². The molecule has 0 aliphatic rings. The summed E-state index contributed by atoms with van der Waals surface area (Å²) in [5.74, 6) is 0.0715. The Morgan fingerprint density at radius 3 is 2.48 bits per heavy atom. The Morgan fingerprint density at radius 1 is 1.24 bits per heavy atom. The third-order valence-electron chi connectivity index (χ3n) is 3.55. The van der Waals surface area contributed by atoms with Gasteiger partial charge in [0.1, 0.15) is 0 Å². The van der Waals surface area contributed by atoms with Crippen LogP contribution in [0.5, 0.6) is 0 Å². The summed E-state index contributed by atoms with van der Waals surface area (Å²) >= 11 is 1.67. The first-order valence-corrected chi connectivity index (χ1v) is 7.57. The van der Waals surface area contributed by atoms with Gasteiger partial charge in [0.25, 0.3) is 0 Å². The summed E-state index contributed by atoms with van der Waals surface area (Å²) in [5, 5.41) is 2.03. The minimum atomic E-state index is -0.248. The summed E-state index contributed by atoms with van der Waals surface area (Å²) in [6.07, 6.45) is 0.330. The molecule has 0 saturated carbocycles. The molecule has 0 saturated heterocycles. The van der Waals surface area contributed by atoms with Crippen molar-refractivity contribution in [1.82, 2.24) is 4.90 Å². The number of carbonyl (C=O) groups excluding carboxylic acids is 1. The lowest BCUT2D eigenvalue weighted by Crippen LogP contribution is -2.31. The molecule has 0 spiro atoms. The van der Waals surface area contributed by atoms with Crippen LogP contribution in [0.15, 0.2) is 47.8 Å². The molecule has 1 amide bonds. The van der Waals surface area contributed by atoms with Gasteiger partial charge in [-0.1, -0.05) is 36.4 Å². The minimum Gasteiger partial charge on any atom is -0.338 e. The van der Waals surface area contributed by atoms with Crippen molar-refractivity contribution in [2.75, 3.05) is 7.05 Å². The molecule has 0 radical (unpaired) electrons. The van der Waals surface area contributed by atoms with E-state index in [4.69, 9.17) is 5.73 Å². The molecule has 0 aliphatic heterocycles. The SMILES string of the molecule is CC(c1cccs1)N(C)C(=O)CC(N)c1ccccc1.Cl. The van der Waals surface area contributed by atoms with Crippen LogP contribution in [0.1, 0.15) is 35.9 Å². The normalized spacial score (nSPS) is 13.1. The summed E-state index contributed by atoms with van der Waals surface area (Å²) in [6, 6.07) is 13.6. The van der Waals surface area contributed by atoms with E-state index in [1.807, 2.05) is 55.7 Å². The van der Waals surface area contributed by atoms with E-state index in [-0.39, 0.29) is 30.4 Å². The molecular weight excluding hydrogens is 304 g/mol.